The summed E-state index contributed by atoms with van der Waals surface area (Å²) in [5, 5.41) is 36.5. The van der Waals surface area contributed by atoms with Gasteiger partial charge in [0.05, 0.1) is 30.3 Å². The number of primary amides is 1. The second-order valence-electron chi connectivity index (χ2n) is 14.4. The number of nitrogens with two attached hydrogens (primary N) is 1. The third-order valence-corrected chi connectivity index (χ3v) is 11.9. The van der Waals surface area contributed by atoms with Crippen molar-refractivity contribution in [3.8, 4) is 0 Å². The summed E-state index contributed by atoms with van der Waals surface area (Å²) in [4.78, 5) is 55.2. The molecular formula is C38H46N2O9. The maximum absolute atomic E-state index is 14.3. The molecule has 6 rings (SSSR count). The largest absolute Gasteiger partial charge is 0.445 e. The quantitative estimate of drug-likeness (QED) is 0.235. The average Bonchev–Trinajstić information content (AvgIpc) is 3.50. The van der Waals surface area contributed by atoms with Crippen LogP contribution in [0.25, 0.3) is 0 Å². The van der Waals surface area contributed by atoms with E-state index in [0.29, 0.717) is 31.3 Å². The van der Waals surface area contributed by atoms with Crippen LogP contribution in [0.5, 0.6) is 0 Å². The molecule has 2 saturated carbocycles. The zero-order chi connectivity index (χ0) is 35.4. The van der Waals surface area contributed by atoms with E-state index >= 15 is 0 Å². The van der Waals surface area contributed by atoms with Crippen LogP contribution in [0.4, 0.5) is 0 Å². The predicted octanol–water partition coefficient (Wildman–Crippen LogP) is 1.85. The van der Waals surface area contributed by atoms with Crippen LogP contribution >= 0.6 is 0 Å². The van der Waals surface area contributed by atoms with Gasteiger partial charge in [-0.15, -0.1) is 0 Å². The minimum absolute atomic E-state index is 0.00880. The lowest BCUT2D eigenvalue weighted by Gasteiger charge is -2.53. The molecule has 11 nitrogen and oxygen atoms in total. The van der Waals surface area contributed by atoms with Gasteiger partial charge in [-0.2, -0.15) is 0 Å². The Morgan fingerprint density at radius 3 is 2.49 bits per heavy atom. The van der Waals surface area contributed by atoms with E-state index in [9.17, 15) is 34.5 Å². The third-order valence-electron chi connectivity index (χ3n) is 11.9. The van der Waals surface area contributed by atoms with Crippen LogP contribution in [0.1, 0.15) is 45.1 Å². The fourth-order valence-corrected chi connectivity index (χ4v) is 9.40. The highest BCUT2D eigenvalue weighted by molar-refractivity contribution is 6.03. The number of hydrogen-bond acceptors (Lipinski definition) is 9. The third kappa shape index (κ3) is 5.24. The number of carbonyl (C=O) groups is 4. The van der Waals surface area contributed by atoms with E-state index < -0.39 is 82.9 Å². The van der Waals surface area contributed by atoms with E-state index in [1.165, 1.54) is 13.2 Å². The van der Waals surface area contributed by atoms with Crippen molar-refractivity contribution in [2.45, 2.75) is 82.0 Å². The summed E-state index contributed by atoms with van der Waals surface area (Å²) in [6.07, 6.45) is 2.89. The summed E-state index contributed by atoms with van der Waals surface area (Å²) in [5.74, 6) is -5.73. The SMILES string of the molecule is C=C1[C@@H](C)C2[C@H](Cc3ccccc3)NC(=O)[C@]23OC(=O)/C=C\C2=C(C(=O)CCC[C@@H](C)C/C=C/C3[C@@H]1O)C(OC)C1C(O)C(O)C21C(N)=O. The van der Waals surface area contributed by atoms with Crippen LogP contribution in [0.2, 0.25) is 0 Å². The van der Waals surface area contributed by atoms with Gasteiger partial charge in [-0.05, 0) is 54.2 Å². The average molecular weight is 675 g/mol. The molecule has 3 aliphatic carbocycles. The molecule has 7 unspecified atom stereocenters. The van der Waals surface area contributed by atoms with Gasteiger partial charge < -0.3 is 35.8 Å². The molecule has 5 aliphatic rings. The highest BCUT2D eigenvalue weighted by atomic mass is 16.6. The molecule has 3 fully saturated rings. The molecule has 0 aromatic heterocycles. The summed E-state index contributed by atoms with van der Waals surface area (Å²) in [6.45, 7) is 8.11. The molecule has 6 N–H and O–H groups in total. The second-order valence-corrected chi connectivity index (χ2v) is 14.4. The number of esters is 1. The summed E-state index contributed by atoms with van der Waals surface area (Å²) < 4.78 is 11.9. The Labute approximate surface area is 285 Å². The van der Waals surface area contributed by atoms with Crippen molar-refractivity contribution in [1.82, 2.24) is 5.32 Å². The van der Waals surface area contributed by atoms with Crippen LogP contribution < -0.4 is 11.1 Å². The van der Waals surface area contributed by atoms with Gasteiger partial charge in [0.25, 0.3) is 5.91 Å². The molecular weight excluding hydrogens is 628 g/mol. The Bertz CT molecular complexity index is 1630. The molecule has 1 saturated heterocycles. The van der Waals surface area contributed by atoms with Gasteiger partial charge in [-0.3, -0.25) is 14.4 Å². The lowest BCUT2D eigenvalue weighted by molar-refractivity contribution is -0.213. The number of hydrogen-bond donors (Lipinski definition) is 5. The zero-order valence-corrected chi connectivity index (χ0v) is 28.1. The number of rotatable bonds is 4. The molecule has 49 heavy (non-hydrogen) atoms. The smallest absolute Gasteiger partial charge is 0.331 e. The lowest BCUT2D eigenvalue weighted by Crippen LogP contribution is -2.70. The van der Waals surface area contributed by atoms with Crippen molar-refractivity contribution >= 4 is 23.6 Å². The molecule has 12 atom stereocenters. The van der Waals surface area contributed by atoms with E-state index in [-0.39, 0.29) is 29.3 Å². The Balaban J connectivity index is 1.48. The maximum Gasteiger partial charge on any atom is 0.331 e. The molecule has 1 aromatic rings. The number of nitrogens with one attached hydrogen (secondary N) is 1. The van der Waals surface area contributed by atoms with E-state index in [2.05, 4.69) is 11.9 Å². The number of aliphatic hydroxyl groups excluding tert-OH is 3. The van der Waals surface area contributed by atoms with Crippen LogP contribution in [-0.2, 0) is 35.1 Å². The van der Waals surface area contributed by atoms with Gasteiger partial charge in [0, 0.05) is 43.1 Å². The highest BCUT2D eigenvalue weighted by Crippen LogP contribution is 2.61. The first kappa shape index (κ1) is 34.9. The number of allylic oxidation sites excluding steroid dienone is 2. The van der Waals surface area contributed by atoms with Crippen molar-refractivity contribution < 1.29 is 44.0 Å². The van der Waals surface area contributed by atoms with Gasteiger partial charge in [0.1, 0.15) is 5.41 Å². The van der Waals surface area contributed by atoms with Gasteiger partial charge in [-0.25, -0.2) is 4.79 Å². The Kier molecular flexibility index (Phi) is 9.34. The molecule has 0 radical (unpaired) electrons. The zero-order valence-electron chi connectivity index (χ0n) is 28.1. The Hall–Kier alpha value is -3.90. The minimum atomic E-state index is -1.88. The summed E-state index contributed by atoms with van der Waals surface area (Å²) in [6, 6.07) is 9.17. The van der Waals surface area contributed by atoms with Gasteiger partial charge in [0.15, 0.2) is 5.78 Å². The van der Waals surface area contributed by atoms with Crippen LogP contribution in [-0.4, -0.2) is 82.1 Å². The van der Waals surface area contributed by atoms with Crippen molar-refractivity contribution in [3.05, 3.63) is 83.5 Å². The van der Waals surface area contributed by atoms with Crippen molar-refractivity contribution in [2.24, 2.45) is 40.7 Å². The number of benzene rings is 1. The lowest BCUT2D eigenvalue weighted by atomic mass is 9.54. The van der Waals surface area contributed by atoms with Crippen molar-refractivity contribution in [3.63, 3.8) is 0 Å². The predicted molar refractivity (Wildman–Crippen MR) is 178 cm³/mol. The van der Waals surface area contributed by atoms with Gasteiger partial charge in [-0.1, -0.05) is 69.0 Å². The van der Waals surface area contributed by atoms with Crippen LogP contribution in [0, 0.1) is 35.0 Å². The van der Waals surface area contributed by atoms with Crippen LogP contribution in [0.15, 0.2) is 77.9 Å². The van der Waals surface area contributed by atoms with Gasteiger partial charge in [0.2, 0.25) is 11.5 Å². The Morgan fingerprint density at radius 1 is 1.10 bits per heavy atom. The van der Waals surface area contributed by atoms with E-state index in [1.54, 1.807) is 6.08 Å². The molecule has 0 bridgehead atoms. The van der Waals surface area contributed by atoms with Gasteiger partial charge >= 0.3 is 5.97 Å². The summed E-state index contributed by atoms with van der Waals surface area (Å²) >= 11 is 0. The molecule has 1 spiro atoms. The number of methoxy groups -OCH3 is 1. The molecule has 2 amide bonds. The first-order valence-corrected chi connectivity index (χ1v) is 17.1. The number of carbonyl (C=O) groups excluding carboxylic acids is 4. The number of ketones is 1. The molecule has 11 heteroatoms. The second kappa shape index (κ2) is 13.1. The number of amides is 2. The summed E-state index contributed by atoms with van der Waals surface area (Å²) in [5.41, 5.74) is 3.75. The van der Waals surface area contributed by atoms with Crippen molar-refractivity contribution in [2.75, 3.05) is 7.11 Å². The highest BCUT2D eigenvalue weighted by Gasteiger charge is 2.74. The maximum atomic E-state index is 14.3. The molecule has 1 aromatic carbocycles. The Morgan fingerprint density at radius 2 is 1.82 bits per heavy atom. The fraction of sp³-hybridized carbons (Fsp3) is 0.526. The topological polar surface area (TPSA) is 185 Å². The first-order chi connectivity index (χ1) is 23.3. The normalized spacial score (nSPS) is 42.2. The standard InChI is InChI=1S/C38H46N2O9/c1-19-10-8-14-24-31(43)21(3)20(2)29-25(18-22-12-6-5-7-13-22)40-36(47)38(24,29)49-27(42)17-16-23-28(26(41)15-9-11-19)33(48-4)30-32(44)34(45)37(23,30)35(39)46/h5-8,12-14,16-17,19-20,24-25,29-34,43-45H,3,9-11,15,18H2,1-2,4H3,(H2,39,46)(H,40,47)/b14-8+,17-16-/t19-,20+,24?,25-,29?,30?,31+,32?,33?,34?,37?,38+/m0/s1. The minimum Gasteiger partial charge on any atom is -0.445 e. The van der Waals surface area contributed by atoms with E-state index in [1.807, 2.05) is 50.3 Å². The van der Waals surface area contributed by atoms with E-state index in [0.717, 1.165) is 11.6 Å². The van der Waals surface area contributed by atoms with E-state index in [4.69, 9.17) is 15.2 Å². The van der Waals surface area contributed by atoms with Crippen LogP contribution in [0.3, 0.4) is 0 Å². The fourth-order valence-electron chi connectivity index (χ4n) is 9.40. The van der Waals surface area contributed by atoms with Crippen molar-refractivity contribution in [1.29, 1.82) is 0 Å². The first-order valence-electron chi connectivity index (χ1n) is 17.1. The number of aliphatic hydroxyl groups is 3. The summed E-state index contributed by atoms with van der Waals surface area (Å²) in [7, 11) is 1.34. The number of ether oxygens (including phenoxy) is 2. The molecule has 262 valence electrons. The number of fused-ring (bicyclic) bond motifs is 2. The molecule has 2 aliphatic heterocycles. The number of Topliss-reactive ketones (excluding diaryl/α,β-unsaturated/α-hetero) is 1. The monoisotopic (exact) mass is 674 g/mol. The molecule has 2 heterocycles.